The van der Waals surface area contributed by atoms with Gasteiger partial charge in [0.15, 0.2) is 0 Å². The van der Waals surface area contributed by atoms with Crippen molar-refractivity contribution in [1.82, 2.24) is 14.7 Å². The van der Waals surface area contributed by atoms with E-state index >= 15 is 0 Å². The van der Waals surface area contributed by atoms with E-state index in [4.69, 9.17) is 4.74 Å². The molecule has 9 nitrogen and oxygen atoms in total. The number of anilines is 1. The van der Waals surface area contributed by atoms with Gasteiger partial charge in [0.1, 0.15) is 5.69 Å². The third kappa shape index (κ3) is 4.17. The van der Waals surface area contributed by atoms with Crippen LogP contribution in [0.2, 0.25) is 0 Å². The lowest BCUT2D eigenvalue weighted by atomic mass is 10.1. The lowest BCUT2D eigenvalue weighted by Gasteiger charge is -2.26. The third-order valence-electron chi connectivity index (χ3n) is 4.23. The Kier molecular flexibility index (Phi) is 5.47. The SMILES string of the molecule is Cn1cc(CCNc2ccc(C(=O)N3CCOCC3)cc2[N+](=O)[O-])cn1. The van der Waals surface area contributed by atoms with Crippen molar-refractivity contribution in [2.24, 2.45) is 7.05 Å². The number of nitrogens with one attached hydrogen (secondary N) is 1. The minimum atomic E-state index is -0.470. The van der Waals surface area contributed by atoms with Crippen LogP contribution in [0.15, 0.2) is 30.6 Å². The molecule has 26 heavy (non-hydrogen) atoms. The molecule has 2 heterocycles. The molecular formula is C17H21N5O4. The molecule has 3 rings (SSSR count). The highest BCUT2D eigenvalue weighted by atomic mass is 16.6. The number of nitro benzene ring substituents is 1. The molecular weight excluding hydrogens is 338 g/mol. The summed E-state index contributed by atoms with van der Waals surface area (Å²) in [6.07, 6.45) is 4.36. The number of aryl methyl sites for hydroxylation is 1. The Bertz CT molecular complexity index is 798. The number of carbonyl (C=O) groups excluding carboxylic acids is 1. The normalized spacial score (nSPS) is 14.3. The van der Waals surface area contributed by atoms with Crippen LogP contribution in [0.5, 0.6) is 0 Å². The summed E-state index contributed by atoms with van der Waals surface area (Å²) in [6.45, 7) is 2.50. The number of carbonyl (C=O) groups is 1. The summed E-state index contributed by atoms with van der Waals surface area (Å²) in [4.78, 5) is 25.1. The van der Waals surface area contributed by atoms with E-state index in [0.29, 0.717) is 50.5 Å². The van der Waals surface area contributed by atoms with Crippen molar-refractivity contribution in [2.75, 3.05) is 38.2 Å². The highest BCUT2D eigenvalue weighted by Gasteiger charge is 2.22. The Balaban J connectivity index is 1.69. The molecule has 0 bridgehead atoms. The Morgan fingerprint density at radius 1 is 1.38 bits per heavy atom. The van der Waals surface area contributed by atoms with Gasteiger partial charge in [0.05, 0.1) is 24.3 Å². The van der Waals surface area contributed by atoms with Crippen molar-refractivity contribution in [3.63, 3.8) is 0 Å². The molecule has 9 heteroatoms. The zero-order valence-electron chi connectivity index (χ0n) is 14.6. The van der Waals surface area contributed by atoms with Crippen LogP contribution in [0.1, 0.15) is 15.9 Å². The van der Waals surface area contributed by atoms with Crippen LogP contribution < -0.4 is 5.32 Å². The molecule has 0 unspecified atom stereocenters. The summed E-state index contributed by atoms with van der Waals surface area (Å²) in [6, 6.07) is 4.55. The van der Waals surface area contributed by atoms with E-state index < -0.39 is 4.92 Å². The molecule has 1 N–H and O–H groups in total. The lowest BCUT2D eigenvalue weighted by Crippen LogP contribution is -2.40. The zero-order chi connectivity index (χ0) is 18.5. The summed E-state index contributed by atoms with van der Waals surface area (Å²) in [5.74, 6) is -0.210. The number of rotatable bonds is 6. The molecule has 0 spiro atoms. The Hall–Kier alpha value is -2.94. The van der Waals surface area contributed by atoms with Crippen LogP contribution >= 0.6 is 0 Å². The third-order valence-corrected chi connectivity index (χ3v) is 4.23. The largest absolute Gasteiger partial charge is 0.379 e. The van der Waals surface area contributed by atoms with Gasteiger partial charge in [-0.3, -0.25) is 19.6 Å². The van der Waals surface area contributed by atoms with E-state index in [1.165, 1.54) is 6.07 Å². The number of nitro groups is 1. The summed E-state index contributed by atoms with van der Waals surface area (Å²) < 4.78 is 6.94. The number of hydrogen-bond donors (Lipinski definition) is 1. The highest BCUT2D eigenvalue weighted by Crippen LogP contribution is 2.26. The molecule has 0 atom stereocenters. The van der Waals surface area contributed by atoms with Crippen LogP contribution in [-0.2, 0) is 18.2 Å². The van der Waals surface area contributed by atoms with E-state index in [9.17, 15) is 14.9 Å². The Morgan fingerprint density at radius 2 is 2.15 bits per heavy atom. The van der Waals surface area contributed by atoms with Gasteiger partial charge in [-0.2, -0.15) is 5.10 Å². The minimum absolute atomic E-state index is 0.102. The molecule has 1 aromatic heterocycles. The molecule has 1 aromatic carbocycles. The first-order chi connectivity index (χ1) is 12.5. The maximum atomic E-state index is 12.5. The maximum absolute atomic E-state index is 12.5. The number of nitrogens with zero attached hydrogens (tertiary/aromatic N) is 4. The first-order valence-electron chi connectivity index (χ1n) is 8.41. The van der Waals surface area contributed by atoms with E-state index in [0.717, 1.165) is 5.56 Å². The van der Waals surface area contributed by atoms with Gasteiger partial charge in [0.2, 0.25) is 0 Å². The summed E-state index contributed by atoms with van der Waals surface area (Å²) >= 11 is 0. The average molecular weight is 359 g/mol. The molecule has 1 aliphatic heterocycles. The van der Waals surface area contributed by atoms with Crippen LogP contribution in [0.4, 0.5) is 11.4 Å². The van der Waals surface area contributed by atoms with Gasteiger partial charge in [0, 0.05) is 44.5 Å². The monoisotopic (exact) mass is 359 g/mol. The van der Waals surface area contributed by atoms with Gasteiger partial charge in [-0.1, -0.05) is 0 Å². The van der Waals surface area contributed by atoms with Crippen molar-refractivity contribution in [2.45, 2.75) is 6.42 Å². The Labute approximate surface area is 150 Å². The molecule has 2 aromatic rings. The predicted octanol–water partition coefficient (Wildman–Crippen LogP) is 1.46. The topological polar surface area (TPSA) is 103 Å². The van der Waals surface area contributed by atoms with Gasteiger partial charge in [0.25, 0.3) is 11.6 Å². The van der Waals surface area contributed by atoms with E-state index in [1.807, 2.05) is 13.2 Å². The number of morpholine rings is 1. The smallest absolute Gasteiger partial charge is 0.293 e. The second kappa shape index (κ2) is 7.96. The average Bonchev–Trinajstić information content (AvgIpc) is 3.07. The number of ether oxygens (including phenoxy) is 1. The van der Waals surface area contributed by atoms with Gasteiger partial charge < -0.3 is 15.0 Å². The van der Waals surface area contributed by atoms with Crippen LogP contribution in [0.3, 0.4) is 0 Å². The standard InChI is InChI=1S/C17H21N5O4/c1-20-12-13(11-19-20)4-5-18-15-3-2-14(10-16(15)22(24)25)17(23)21-6-8-26-9-7-21/h2-3,10-12,18H,4-9H2,1H3. The molecule has 1 fully saturated rings. The summed E-state index contributed by atoms with van der Waals surface area (Å²) in [5.41, 5.74) is 1.66. The van der Waals surface area contributed by atoms with Crippen molar-refractivity contribution in [1.29, 1.82) is 0 Å². The number of benzene rings is 1. The molecule has 0 aliphatic carbocycles. The molecule has 1 aliphatic rings. The van der Waals surface area contributed by atoms with Gasteiger partial charge >= 0.3 is 0 Å². The number of amides is 1. The van der Waals surface area contributed by atoms with Crippen LogP contribution in [-0.4, -0.2) is 58.4 Å². The maximum Gasteiger partial charge on any atom is 0.293 e. The second-order valence-corrected chi connectivity index (χ2v) is 6.09. The Morgan fingerprint density at radius 3 is 2.81 bits per heavy atom. The van der Waals surface area contributed by atoms with E-state index in [2.05, 4.69) is 10.4 Å². The van der Waals surface area contributed by atoms with Gasteiger partial charge in [-0.05, 0) is 24.1 Å². The van der Waals surface area contributed by atoms with Crippen molar-refractivity contribution < 1.29 is 14.5 Å². The second-order valence-electron chi connectivity index (χ2n) is 6.09. The van der Waals surface area contributed by atoms with Crippen LogP contribution in [0.25, 0.3) is 0 Å². The van der Waals surface area contributed by atoms with Crippen molar-refractivity contribution >= 4 is 17.3 Å². The molecule has 0 saturated carbocycles. The quantitative estimate of drug-likeness (QED) is 0.619. The molecule has 138 valence electrons. The zero-order valence-corrected chi connectivity index (χ0v) is 14.6. The van der Waals surface area contributed by atoms with Crippen LogP contribution in [0, 0.1) is 10.1 Å². The first kappa shape index (κ1) is 17.9. The number of aromatic nitrogens is 2. The van der Waals surface area contributed by atoms with Gasteiger partial charge in [-0.15, -0.1) is 0 Å². The van der Waals surface area contributed by atoms with E-state index in [-0.39, 0.29) is 11.6 Å². The van der Waals surface area contributed by atoms with Crippen molar-refractivity contribution in [3.05, 3.63) is 51.8 Å². The fourth-order valence-electron chi connectivity index (χ4n) is 2.86. The fraction of sp³-hybridized carbons (Fsp3) is 0.412. The lowest BCUT2D eigenvalue weighted by molar-refractivity contribution is -0.384. The molecule has 0 radical (unpaired) electrons. The number of hydrogen-bond acceptors (Lipinski definition) is 6. The molecule has 1 saturated heterocycles. The summed E-state index contributed by atoms with van der Waals surface area (Å²) in [5, 5.41) is 18.6. The van der Waals surface area contributed by atoms with Gasteiger partial charge in [-0.25, -0.2) is 0 Å². The predicted molar refractivity (Wildman–Crippen MR) is 95.2 cm³/mol. The first-order valence-corrected chi connectivity index (χ1v) is 8.41. The molecule has 1 amide bonds. The minimum Gasteiger partial charge on any atom is -0.379 e. The van der Waals surface area contributed by atoms with E-state index in [1.54, 1.807) is 27.9 Å². The fourth-order valence-corrected chi connectivity index (χ4v) is 2.86. The summed E-state index contributed by atoms with van der Waals surface area (Å²) in [7, 11) is 1.84. The van der Waals surface area contributed by atoms with Crippen molar-refractivity contribution in [3.8, 4) is 0 Å². The highest BCUT2D eigenvalue weighted by molar-refractivity contribution is 5.95.